The maximum Gasteiger partial charge on any atom is 0.208 e. The van der Waals surface area contributed by atoms with Crippen LogP contribution >= 0.6 is 0 Å². The van der Waals surface area contributed by atoms with Crippen LogP contribution in [0.1, 0.15) is 12.5 Å². The van der Waals surface area contributed by atoms with Crippen molar-refractivity contribution < 1.29 is 17.9 Å². The Bertz CT molecular complexity index is 1770. The molecule has 5 aromatic rings. The first kappa shape index (κ1) is 22.5. The van der Waals surface area contributed by atoms with E-state index < -0.39 is 10.0 Å². The van der Waals surface area contributed by atoms with E-state index in [0.717, 1.165) is 11.8 Å². The van der Waals surface area contributed by atoms with Crippen LogP contribution in [0.5, 0.6) is 5.75 Å². The van der Waals surface area contributed by atoms with E-state index in [0.29, 0.717) is 39.5 Å². The Morgan fingerprint density at radius 3 is 2.18 bits per heavy atom. The fraction of sp³-hybridized carbons (Fsp3) is 0.167. The number of aromatic amines is 1. The average molecular weight is 467 g/mol. The molecule has 33 heavy (non-hydrogen) atoms. The van der Waals surface area contributed by atoms with Crippen molar-refractivity contribution in [1.82, 2.24) is 9.71 Å². The maximum atomic E-state index is 13.1. The van der Waals surface area contributed by atoms with Gasteiger partial charge >= 0.3 is 0 Å². The van der Waals surface area contributed by atoms with E-state index in [4.69, 9.17) is 4.42 Å². The zero-order valence-electron chi connectivity index (χ0n) is 18.2. The van der Waals surface area contributed by atoms with Gasteiger partial charge in [0.1, 0.15) is 5.75 Å². The number of phenols is 1. The molecule has 5 rings (SSSR count). The van der Waals surface area contributed by atoms with Crippen LogP contribution < -0.4 is 15.6 Å². The Hall–Kier alpha value is -3.69. The van der Waals surface area contributed by atoms with E-state index in [-0.39, 0.29) is 27.4 Å². The zero-order chi connectivity index (χ0) is 23.9. The molecule has 1 heterocycles. The predicted octanol–water partition coefficient (Wildman–Crippen LogP) is 3.51. The second-order valence-corrected chi connectivity index (χ2v) is 9.55. The summed E-state index contributed by atoms with van der Waals surface area (Å²) in [6, 6.07) is 13.6. The molecule has 0 radical (unpaired) electrons. The molecule has 3 N–H and O–H groups in total. The highest BCUT2D eigenvalue weighted by molar-refractivity contribution is 7.88. The standard InChI is InChI=1S/C21H13NO4.C3H9NO2S/c1-10-6-7-15-13(8-10)22-19-16(26-15)9-14(23)17-18(19)21(25)12-5-3-2-4-11(12)20(17)24;1-3-4-7(2,5)6/h2-9,22-23H,1H3;4H,3H2,1-2H3. The van der Waals surface area contributed by atoms with Gasteiger partial charge in [-0.25, -0.2) is 13.1 Å². The van der Waals surface area contributed by atoms with Gasteiger partial charge in [-0.15, -0.1) is 0 Å². The van der Waals surface area contributed by atoms with E-state index in [9.17, 15) is 23.1 Å². The minimum atomic E-state index is -2.92. The van der Waals surface area contributed by atoms with Crippen molar-refractivity contribution in [1.29, 1.82) is 0 Å². The number of benzene rings is 4. The highest BCUT2D eigenvalue weighted by Crippen LogP contribution is 2.31. The second kappa shape index (κ2) is 8.34. The van der Waals surface area contributed by atoms with Crippen LogP contribution in [0, 0.1) is 6.92 Å². The summed E-state index contributed by atoms with van der Waals surface area (Å²) in [6.07, 6.45) is 1.14. The Morgan fingerprint density at radius 1 is 0.970 bits per heavy atom. The fourth-order valence-electron chi connectivity index (χ4n) is 3.80. The van der Waals surface area contributed by atoms with Crippen LogP contribution in [0.15, 0.2) is 62.5 Å². The van der Waals surface area contributed by atoms with Crippen LogP contribution in [0.4, 0.5) is 0 Å². The third kappa shape index (κ3) is 4.20. The lowest BCUT2D eigenvalue weighted by molar-refractivity contribution is 0.480. The van der Waals surface area contributed by atoms with E-state index in [1.54, 1.807) is 31.2 Å². The van der Waals surface area contributed by atoms with Crippen molar-refractivity contribution >= 4 is 53.8 Å². The predicted molar refractivity (Wildman–Crippen MR) is 131 cm³/mol. The van der Waals surface area contributed by atoms with Gasteiger partial charge in [-0.1, -0.05) is 37.3 Å². The molecular formula is C24H22N2O6S. The number of nitrogens with one attached hydrogen (secondary N) is 2. The molecule has 0 saturated heterocycles. The lowest BCUT2D eigenvalue weighted by Gasteiger charge is -2.09. The summed E-state index contributed by atoms with van der Waals surface area (Å²) < 4.78 is 28.4. The summed E-state index contributed by atoms with van der Waals surface area (Å²) in [5.74, 6) is -0.260. The molecule has 1 aromatic heterocycles. The molecule has 170 valence electrons. The Kier molecular flexibility index (Phi) is 5.69. The topological polar surface area (TPSA) is 129 Å². The van der Waals surface area contributed by atoms with Crippen LogP contribution in [-0.4, -0.2) is 31.3 Å². The van der Waals surface area contributed by atoms with Crippen molar-refractivity contribution in [2.75, 3.05) is 12.8 Å². The SMILES string of the molecule is CCNS(C)(=O)=O.Cc1ccc2oc3cc(O)c4c(=O)c5ccccc5c(=O)c4c3[nH]c2c1. The summed E-state index contributed by atoms with van der Waals surface area (Å²) in [6.45, 7) is 4.16. The molecule has 0 fully saturated rings. The third-order valence-electron chi connectivity index (χ3n) is 5.16. The highest BCUT2D eigenvalue weighted by atomic mass is 32.2. The van der Waals surface area contributed by atoms with Crippen LogP contribution in [0.25, 0.3) is 43.7 Å². The highest BCUT2D eigenvalue weighted by Gasteiger charge is 2.18. The number of fused-ring (bicyclic) bond motifs is 5. The number of hydrogen-bond acceptors (Lipinski definition) is 6. The maximum absolute atomic E-state index is 13.1. The molecule has 0 unspecified atom stereocenters. The van der Waals surface area contributed by atoms with Gasteiger partial charge < -0.3 is 14.5 Å². The second-order valence-electron chi connectivity index (χ2n) is 7.72. The molecule has 0 aliphatic heterocycles. The largest absolute Gasteiger partial charge is 0.507 e. The first-order chi connectivity index (χ1) is 15.6. The number of hydrogen-bond donors (Lipinski definition) is 3. The minimum absolute atomic E-state index is 0.0136. The number of aromatic hydroxyl groups is 1. The van der Waals surface area contributed by atoms with Gasteiger partial charge in [0.15, 0.2) is 22.0 Å². The number of aromatic nitrogens is 1. The van der Waals surface area contributed by atoms with E-state index in [2.05, 4.69) is 9.71 Å². The van der Waals surface area contributed by atoms with Crippen molar-refractivity contribution in [3.8, 4) is 5.75 Å². The van der Waals surface area contributed by atoms with Gasteiger partial charge in [0, 0.05) is 23.4 Å². The van der Waals surface area contributed by atoms with Gasteiger partial charge in [-0.3, -0.25) is 9.59 Å². The monoisotopic (exact) mass is 466 g/mol. The minimum Gasteiger partial charge on any atom is -0.507 e. The lowest BCUT2D eigenvalue weighted by Crippen LogP contribution is -2.20. The van der Waals surface area contributed by atoms with Crippen molar-refractivity contribution in [3.63, 3.8) is 0 Å². The molecule has 0 aliphatic rings. The summed E-state index contributed by atoms with van der Waals surface area (Å²) in [5.41, 5.74) is 2.38. The van der Waals surface area contributed by atoms with Gasteiger partial charge in [0.2, 0.25) is 10.0 Å². The molecule has 0 amide bonds. The van der Waals surface area contributed by atoms with Crippen molar-refractivity contribution in [2.24, 2.45) is 0 Å². The Morgan fingerprint density at radius 2 is 1.61 bits per heavy atom. The Labute approximate surface area is 188 Å². The molecule has 0 spiro atoms. The van der Waals surface area contributed by atoms with Crippen molar-refractivity contribution in [2.45, 2.75) is 13.8 Å². The molecular weight excluding hydrogens is 444 g/mol. The Balaban J connectivity index is 0.000000325. The zero-order valence-corrected chi connectivity index (χ0v) is 19.0. The third-order valence-corrected chi connectivity index (χ3v) is 5.98. The number of aryl methyl sites for hydroxylation is 1. The smallest absolute Gasteiger partial charge is 0.208 e. The van der Waals surface area contributed by atoms with Crippen LogP contribution in [0.3, 0.4) is 0 Å². The number of H-pyrrole nitrogens is 1. The van der Waals surface area contributed by atoms with E-state index in [1.807, 2.05) is 25.1 Å². The lowest BCUT2D eigenvalue weighted by atomic mass is 10.0. The number of rotatable bonds is 2. The van der Waals surface area contributed by atoms with Crippen LogP contribution in [-0.2, 0) is 10.0 Å². The molecule has 0 saturated carbocycles. The first-order valence-electron chi connectivity index (χ1n) is 10.2. The van der Waals surface area contributed by atoms with Crippen LogP contribution in [0.2, 0.25) is 0 Å². The van der Waals surface area contributed by atoms with E-state index in [1.165, 1.54) is 6.07 Å². The molecule has 0 bridgehead atoms. The average Bonchev–Trinajstić information content (AvgIpc) is 2.75. The molecule has 0 aliphatic carbocycles. The fourth-order valence-corrected chi connectivity index (χ4v) is 4.32. The van der Waals surface area contributed by atoms with E-state index >= 15 is 0 Å². The summed E-state index contributed by atoms with van der Waals surface area (Å²) in [7, 11) is -2.92. The molecule has 4 aromatic carbocycles. The van der Waals surface area contributed by atoms with Gasteiger partial charge in [0.25, 0.3) is 0 Å². The molecule has 8 nitrogen and oxygen atoms in total. The first-order valence-corrected chi connectivity index (χ1v) is 12.1. The molecule has 9 heteroatoms. The number of sulfonamides is 1. The summed E-state index contributed by atoms with van der Waals surface area (Å²) in [4.78, 5) is 29.2. The van der Waals surface area contributed by atoms with Gasteiger partial charge in [-0.2, -0.15) is 0 Å². The quantitative estimate of drug-likeness (QED) is 0.270. The summed E-state index contributed by atoms with van der Waals surface area (Å²) in [5, 5.41) is 11.2. The molecule has 0 atom stereocenters. The van der Waals surface area contributed by atoms with Gasteiger partial charge in [-0.05, 0) is 24.6 Å². The summed E-state index contributed by atoms with van der Waals surface area (Å²) >= 11 is 0. The van der Waals surface area contributed by atoms with Crippen molar-refractivity contribution in [3.05, 3.63) is 74.5 Å². The number of phenolic OH excluding ortho intramolecular Hbond substituents is 1. The van der Waals surface area contributed by atoms with Gasteiger partial charge in [0.05, 0.1) is 28.1 Å². The normalized spacial score (nSPS) is 11.7.